The zero-order valence-electron chi connectivity index (χ0n) is 19.4. The standard InChI is InChI=1S/C22H21BrN6O5S3/c1-11(23)7-34-27-16(13-8-37-22(24)25-13)19(30)26-17-14-9-36-15(18(21(32)33)29(14)20(17)31)10-35-12-3-5-28(2)6-4-12/h3-6,8,14,17H,1,7,9-10H2,2H3,(H3-,24,25,26,30,32,33)/p+1/t14-,17+/m1/s1. The number of thiazole rings is 1. The van der Waals surface area contributed by atoms with Gasteiger partial charge >= 0.3 is 5.97 Å². The van der Waals surface area contributed by atoms with E-state index < -0.39 is 29.9 Å². The fraction of sp³-hybridized carbons (Fsp3) is 0.273. The Morgan fingerprint density at radius 1 is 1.46 bits per heavy atom. The summed E-state index contributed by atoms with van der Waals surface area (Å²) in [6.07, 6.45) is 3.81. The number of aliphatic carboxylic acids is 1. The topological polar surface area (TPSA) is 151 Å². The van der Waals surface area contributed by atoms with Crippen molar-refractivity contribution in [3.05, 3.63) is 57.3 Å². The van der Waals surface area contributed by atoms with Gasteiger partial charge in [-0.3, -0.25) is 14.5 Å². The minimum Gasteiger partial charge on any atom is -0.477 e. The van der Waals surface area contributed by atoms with Crippen molar-refractivity contribution < 1.29 is 28.9 Å². The molecule has 0 aliphatic carbocycles. The highest BCUT2D eigenvalue weighted by Crippen LogP contribution is 2.41. The van der Waals surface area contributed by atoms with E-state index in [-0.39, 0.29) is 28.8 Å². The number of fused-ring (bicyclic) bond motifs is 1. The smallest absolute Gasteiger partial charge is 0.353 e. The van der Waals surface area contributed by atoms with E-state index in [4.69, 9.17) is 10.6 Å². The number of nitrogens with two attached hydrogens (primary N) is 1. The second kappa shape index (κ2) is 11.7. The number of oxime groups is 1. The molecule has 2 aliphatic rings. The Morgan fingerprint density at radius 2 is 2.19 bits per heavy atom. The molecule has 4 rings (SSSR count). The highest BCUT2D eigenvalue weighted by atomic mass is 79.9. The summed E-state index contributed by atoms with van der Waals surface area (Å²) >= 11 is 7.14. The normalized spacial score (nSPS) is 19.2. The number of carboxylic acids is 1. The third-order valence-corrected chi connectivity index (χ3v) is 8.64. The van der Waals surface area contributed by atoms with Crippen molar-refractivity contribution >= 4 is 79.4 Å². The van der Waals surface area contributed by atoms with Crippen molar-refractivity contribution in [2.75, 3.05) is 23.8 Å². The number of nitrogens with zero attached hydrogens (tertiary/aromatic N) is 4. The molecule has 0 spiro atoms. The first-order valence-corrected chi connectivity index (χ1v) is 14.4. The van der Waals surface area contributed by atoms with E-state index in [9.17, 15) is 19.5 Å². The zero-order chi connectivity index (χ0) is 26.7. The lowest BCUT2D eigenvalue weighted by Crippen LogP contribution is -2.73. The van der Waals surface area contributed by atoms with Crippen LogP contribution in [0.3, 0.4) is 0 Å². The summed E-state index contributed by atoms with van der Waals surface area (Å²) in [5, 5.41) is 18.2. The van der Waals surface area contributed by atoms with E-state index in [2.05, 4.69) is 38.0 Å². The van der Waals surface area contributed by atoms with Crippen molar-refractivity contribution in [2.45, 2.75) is 17.0 Å². The Balaban J connectivity index is 1.48. The molecule has 2 aliphatic heterocycles. The fourth-order valence-corrected chi connectivity index (χ4v) is 6.53. The van der Waals surface area contributed by atoms with Gasteiger partial charge in [0.05, 0.1) is 6.04 Å². The van der Waals surface area contributed by atoms with Gasteiger partial charge in [-0.05, 0) is 0 Å². The molecule has 4 heterocycles. The number of rotatable bonds is 10. The predicted octanol–water partition coefficient (Wildman–Crippen LogP) is 1.71. The maximum atomic E-state index is 13.1. The first-order chi connectivity index (χ1) is 17.7. The lowest BCUT2D eigenvalue weighted by atomic mass is 9.94. The summed E-state index contributed by atoms with van der Waals surface area (Å²) < 4.78 is 2.42. The van der Waals surface area contributed by atoms with Crippen LogP contribution in [0, 0.1) is 0 Å². The monoisotopic (exact) mass is 625 g/mol. The number of aromatic nitrogens is 2. The number of halogens is 1. The van der Waals surface area contributed by atoms with Crippen LogP contribution in [-0.4, -0.2) is 68.7 Å². The van der Waals surface area contributed by atoms with Crippen molar-refractivity contribution in [3.8, 4) is 0 Å². The quantitative estimate of drug-likeness (QED) is 0.118. The summed E-state index contributed by atoms with van der Waals surface area (Å²) in [6, 6.07) is 2.45. The number of carbonyl (C=O) groups is 3. The van der Waals surface area contributed by atoms with Crippen molar-refractivity contribution in [2.24, 2.45) is 12.2 Å². The summed E-state index contributed by atoms with van der Waals surface area (Å²) in [6.45, 7) is 3.66. The minimum absolute atomic E-state index is 0.0147. The number of aryl methyl sites for hydroxylation is 1. The SMILES string of the molecule is C=C(Br)CON=C(C(=O)N[C@@H]1C(=O)N2C(C(=O)O)=C(CSc3cc[n+](C)cc3)SC[C@H]12)c1csc(N)n1. The summed E-state index contributed by atoms with van der Waals surface area (Å²) in [7, 11) is 1.91. The first-order valence-electron chi connectivity index (χ1n) is 10.7. The van der Waals surface area contributed by atoms with Crippen LogP contribution in [0.1, 0.15) is 5.69 Å². The van der Waals surface area contributed by atoms with E-state index in [1.54, 1.807) is 5.38 Å². The van der Waals surface area contributed by atoms with Gasteiger partial charge in [0, 0.05) is 43.3 Å². The van der Waals surface area contributed by atoms with Crippen LogP contribution < -0.4 is 15.6 Å². The number of amides is 2. The molecular weight excluding hydrogens is 604 g/mol. The number of pyridine rings is 1. The van der Waals surface area contributed by atoms with Crippen LogP contribution in [-0.2, 0) is 26.3 Å². The summed E-state index contributed by atoms with van der Waals surface area (Å²) in [4.78, 5) is 50.3. The number of carbonyl (C=O) groups excluding carboxylic acids is 2. The first kappa shape index (κ1) is 27.2. The predicted molar refractivity (Wildman–Crippen MR) is 145 cm³/mol. The highest BCUT2D eigenvalue weighted by molar-refractivity contribution is 9.11. The highest BCUT2D eigenvalue weighted by Gasteiger charge is 2.54. The Hall–Kier alpha value is -2.88. The molecule has 1 saturated heterocycles. The van der Waals surface area contributed by atoms with Gasteiger partial charge in [0.25, 0.3) is 11.8 Å². The molecule has 0 aromatic carbocycles. The number of nitrogens with one attached hydrogen (secondary N) is 1. The Kier molecular flexibility index (Phi) is 8.56. The zero-order valence-corrected chi connectivity index (χ0v) is 23.5. The molecule has 2 aromatic heterocycles. The number of thioether (sulfide) groups is 2. The van der Waals surface area contributed by atoms with E-state index in [1.165, 1.54) is 28.4 Å². The van der Waals surface area contributed by atoms with Crippen molar-refractivity contribution in [3.63, 3.8) is 0 Å². The third-order valence-electron chi connectivity index (χ3n) is 5.32. The van der Waals surface area contributed by atoms with Crippen LogP contribution in [0.2, 0.25) is 0 Å². The van der Waals surface area contributed by atoms with Crippen LogP contribution in [0.25, 0.3) is 0 Å². The van der Waals surface area contributed by atoms with Crippen LogP contribution in [0.4, 0.5) is 5.13 Å². The van der Waals surface area contributed by atoms with Crippen LogP contribution in [0.5, 0.6) is 0 Å². The molecule has 11 nitrogen and oxygen atoms in total. The molecule has 0 saturated carbocycles. The van der Waals surface area contributed by atoms with Crippen molar-refractivity contribution in [1.82, 2.24) is 15.2 Å². The molecule has 15 heteroatoms. The van der Waals surface area contributed by atoms with Gasteiger partial charge in [0.15, 0.2) is 23.2 Å². The number of anilines is 1. The van der Waals surface area contributed by atoms with Crippen LogP contribution in [0.15, 0.2) is 61.6 Å². The van der Waals surface area contributed by atoms with E-state index in [0.717, 1.165) is 16.2 Å². The molecule has 0 bridgehead atoms. The van der Waals surface area contributed by atoms with Crippen LogP contribution >= 0.6 is 50.8 Å². The van der Waals surface area contributed by atoms with Gasteiger partial charge in [-0.2, -0.15) is 0 Å². The molecule has 194 valence electrons. The number of hydrogen-bond donors (Lipinski definition) is 3. The molecule has 0 radical (unpaired) electrons. The average Bonchev–Trinajstić information content (AvgIpc) is 3.29. The van der Waals surface area contributed by atoms with E-state index in [1.807, 2.05) is 36.1 Å². The maximum absolute atomic E-state index is 13.1. The van der Waals surface area contributed by atoms with Gasteiger partial charge in [-0.25, -0.2) is 14.3 Å². The second-order valence-corrected chi connectivity index (χ2v) is 12.1. The van der Waals surface area contributed by atoms with Gasteiger partial charge in [0.2, 0.25) is 0 Å². The number of carboxylic acid groups (broad SMARTS) is 1. The van der Waals surface area contributed by atoms with Gasteiger partial charge in [-0.1, -0.05) is 27.7 Å². The fourth-order valence-electron chi connectivity index (χ4n) is 3.58. The Morgan fingerprint density at radius 3 is 2.81 bits per heavy atom. The molecule has 1 fully saturated rings. The van der Waals surface area contributed by atoms with Crippen molar-refractivity contribution in [1.29, 1.82) is 0 Å². The number of β-lactam (4-membered cyclic amide) rings is 1. The Bertz CT molecular complexity index is 1310. The average molecular weight is 627 g/mol. The molecule has 37 heavy (non-hydrogen) atoms. The number of hydrogen-bond acceptors (Lipinski definition) is 10. The summed E-state index contributed by atoms with van der Waals surface area (Å²) in [5.41, 5.74) is 5.69. The molecule has 2 atom stereocenters. The third kappa shape index (κ3) is 6.17. The lowest BCUT2D eigenvalue weighted by molar-refractivity contribution is -0.671. The largest absolute Gasteiger partial charge is 0.477 e. The molecule has 2 amide bonds. The van der Waals surface area contributed by atoms with Gasteiger partial charge in [0.1, 0.15) is 31.1 Å². The minimum atomic E-state index is -1.19. The van der Waals surface area contributed by atoms with E-state index >= 15 is 0 Å². The Labute approximate surface area is 233 Å². The second-order valence-electron chi connectivity index (χ2n) is 7.90. The molecule has 0 unspecified atom stereocenters. The lowest BCUT2D eigenvalue weighted by Gasteiger charge is -2.49. The van der Waals surface area contributed by atoms with Gasteiger partial charge < -0.3 is 21.0 Å². The molecule has 2 aromatic rings. The summed E-state index contributed by atoms with van der Waals surface area (Å²) in [5.74, 6) is -1.53. The van der Waals surface area contributed by atoms with Gasteiger partial charge in [-0.15, -0.1) is 34.9 Å². The maximum Gasteiger partial charge on any atom is 0.353 e. The molecular formula is C22H22BrN6O5S3+. The van der Waals surface area contributed by atoms with E-state index in [0.29, 0.717) is 20.9 Å². The molecule has 4 N–H and O–H groups in total. The number of nitrogen functional groups attached to an aromatic ring is 1.